The molecular formula is C15H20N2S. The quantitative estimate of drug-likeness (QED) is 0.617. The summed E-state index contributed by atoms with van der Waals surface area (Å²) in [5.41, 5.74) is 5.71. The summed E-state index contributed by atoms with van der Waals surface area (Å²) in [6.07, 6.45) is 2.07. The van der Waals surface area contributed by atoms with Gasteiger partial charge in [-0.15, -0.1) is 0 Å². The second-order valence-corrected chi connectivity index (χ2v) is 5.31. The molecule has 0 aliphatic rings. The van der Waals surface area contributed by atoms with Crippen molar-refractivity contribution in [1.82, 2.24) is 5.43 Å². The minimum Gasteiger partial charge on any atom is -0.271 e. The lowest BCUT2D eigenvalue weighted by Crippen LogP contribution is -2.41. The maximum atomic E-state index is 5.76. The van der Waals surface area contributed by atoms with E-state index in [1.165, 1.54) is 11.1 Å². The zero-order valence-corrected chi connectivity index (χ0v) is 11.5. The van der Waals surface area contributed by atoms with E-state index in [9.17, 15) is 0 Å². The van der Waals surface area contributed by atoms with E-state index in [4.69, 9.17) is 5.84 Å². The lowest BCUT2D eigenvalue weighted by Gasteiger charge is -2.26. The van der Waals surface area contributed by atoms with Gasteiger partial charge in [-0.3, -0.25) is 11.3 Å². The van der Waals surface area contributed by atoms with Gasteiger partial charge in [0.15, 0.2) is 0 Å². The molecule has 0 spiro atoms. The fourth-order valence-corrected chi connectivity index (χ4v) is 3.11. The number of benzene rings is 1. The third kappa shape index (κ3) is 3.19. The molecule has 0 bridgehead atoms. The third-order valence-electron chi connectivity index (χ3n) is 3.40. The van der Waals surface area contributed by atoms with Crippen LogP contribution in [0.3, 0.4) is 0 Å². The molecule has 0 saturated carbocycles. The van der Waals surface area contributed by atoms with Crippen LogP contribution in [0.1, 0.15) is 30.4 Å². The summed E-state index contributed by atoms with van der Waals surface area (Å²) < 4.78 is 0. The average Bonchev–Trinajstić information content (AvgIpc) is 2.92. The summed E-state index contributed by atoms with van der Waals surface area (Å²) in [6.45, 7) is 2.22. The maximum Gasteiger partial charge on any atom is 0.0319 e. The molecule has 0 aliphatic carbocycles. The van der Waals surface area contributed by atoms with Crippen LogP contribution in [0.25, 0.3) is 0 Å². The van der Waals surface area contributed by atoms with Crippen molar-refractivity contribution in [3.63, 3.8) is 0 Å². The first-order valence-corrected chi connectivity index (χ1v) is 7.31. The second-order valence-electron chi connectivity index (χ2n) is 4.53. The number of nitrogens with one attached hydrogen (secondary N) is 1. The molecule has 0 aliphatic heterocycles. The minimum absolute atomic E-state index is 0.284. The van der Waals surface area contributed by atoms with E-state index >= 15 is 0 Å². The summed E-state index contributed by atoms with van der Waals surface area (Å²) in [7, 11) is 0. The standard InChI is InChI=1S/C15H20N2S/c1-2-14(13-6-4-3-5-7-13)15(17-16)10-12-8-9-18-11-12/h3-9,11,14-15,17H,2,10,16H2,1H3. The van der Waals surface area contributed by atoms with Gasteiger partial charge < -0.3 is 0 Å². The largest absolute Gasteiger partial charge is 0.271 e. The Morgan fingerprint density at radius 3 is 2.56 bits per heavy atom. The maximum absolute atomic E-state index is 5.76. The molecule has 0 radical (unpaired) electrons. The van der Waals surface area contributed by atoms with Crippen LogP contribution in [-0.2, 0) is 6.42 Å². The molecule has 1 aromatic carbocycles. The third-order valence-corrected chi connectivity index (χ3v) is 4.14. The van der Waals surface area contributed by atoms with Gasteiger partial charge in [0.25, 0.3) is 0 Å². The summed E-state index contributed by atoms with van der Waals surface area (Å²) in [5.74, 6) is 6.21. The van der Waals surface area contributed by atoms with Gasteiger partial charge in [0.2, 0.25) is 0 Å². The molecule has 18 heavy (non-hydrogen) atoms. The fourth-order valence-electron chi connectivity index (χ4n) is 2.43. The van der Waals surface area contributed by atoms with Gasteiger partial charge in [0, 0.05) is 12.0 Å². The van der Waals surface area contributed by atoms with E-state index in [-0.39, 0.29) is 6.04 Å². The first-order chi connectivity index (χ1) is 8.85. The molecular weight excluding hydrogens is 240 g/mol. The summed E-state index contributed by atoms with van der Waals surface area (Å²) in [6, 6.07) is 13.1. The highest BCUT2D eigenvalue weighted by Crippen LogP contribution is 2.25. The molecule has 2 nitrogen and oxygen atoms in total. The van der Waals surface area contributed by atoms with Crippen molar-refractivity contribution in [2.75, 3.05) is 0 Å². The van der Waals surface area contributed by atoms with E-state index in [0.29, 0.717) is 5.92 Å². The molecule has 2 atom stereocenters. The molecule has 0 saturated heterocycles. The molecule has 96 valence electrons. The predicted octanol–water partition coefficient (Wildman–Crippen LogP) is 3.32. The number of hydrazine groups is 1. The van der Waals surface area contributed by atoms with E-state index in [0.717, 1.165) is 12.8 Å². The Morgan fingerprint density at radius 2 is 2.00 bits per heavy atom. The number of rotatable bonds is 6. The van der Waals surface area contributed by atoms with Gasteiger partial charge in [-0.2, -0.15) is 11.3 Å². The number of thiophene rings is 1. The average molecular weight is 260 g/mol. The van der Waals surface area contributed by atoms with Crippen LogP contribution < -0.4 is 11.3 Å². The molecule has 0 amide bonds. The summed E-state index contributed by atoms with van der Waals surface area (Å²) in [4.78, 5) is 0. The highest BCUT2D eigenvalue weighted by atomic mass is 32.1. The zero-order valence-electron chi connectivity index (χ0n) is 10.7. The van der Waals surface area contributed by atoms with Crippen LogP contribution in [0.5, 0.6) is 0 Å². The molecule has 0 fully saturated rings. The summed E-state index contributed by atoms with van der Waals surface area (Å²) in [5, 5.41) is 4.31. The van der Waals surface area contributed by atoms with Crippen molar-refractivity contribution in [2.45, 2.75) is 31.7 Å². The molecule has 3 N–H and O–H groups in total. The van der Waals surface area contributed by atoms with Gasteiger partial charge in [-0.05, 0) is 40.8 Å². The minimum atomic E-state index is 0.284. The van der Waals surface area contributed by atoms with Crippen molar-refractivity contribution >= 4 is 11.3 Å². The van der Waals surface area contributed by atoms with Crippen molar-refractivity contribution in [3.8, 4) is 0 Å². The molecule has 3 heteroatoms. The van der Waals surface area contributed by atoms with Crippen LogP contribution in [-0.4, -0.2) is 6.04 Å². The Labute approximate surface area is 113 Å². The van der Waals surface area contributed by atoms with E-state index in [2.05, 4.69) is 59.5 Å². The zero-order chi connectivity index (χ0) is 12.8. The highest BCUT2D eigenvalue weighted by molar-refractivity contribution is 7.07. The topological polar surface area (TPSA) is 38.0 Å². The van der Waals surface area contributed by atoms with Gasteiger partial charge in [-0.1, -0.05) is 37.3 Å². The van der Waals surface area contributed by atoms with Gasteiger partial charge in [-0.25, -0.2) is 0 Å². The Morgan fingerprint density at radius 1 is 1.22 bits per heavy atom. The number of nitrogens with two attached hydrogens (primary N) is 1. The molecule has 2 aromatic rings. The predicted molar refractivity (Wildman–Crippen MR) is 78.6 cm³/mol. The van der Waals surface area contributed by atoms with Crippen LogP contribution in [0.15, 0.2) is 47.2 Å². The van der Waals surface area contributed by atoms with E-state index in [1.54, 1.807) is 11.3 Å². The van der Waals surface area contributed by atoms with Crippen molar-refractivity contribution in [2.24, 2.45) is 5.84 Å². The van der Waals surface area contributed by atoms with Crippen molar-refractivity contribution in [3.05, 3.63) is 58.3 Å². The van der Waals surface area contributed by atoms with Gasteiger partial charge in [0.1, 0.15) is 0 Å². The lowest BCUT2D eigenvalue weighted by molar-refractivity contribution is 0.428. The van der Waals surface area contributed by atoms with Crippen LogP contribution in [0.2, 0.25) is 0 Å². The van der Waals surface area contributed by atoms with Crippen LogP contribution in [0.4, 0.5) is 0 Å². The van der Waals surface area contributed by atoms with E-state index < -0.39 is 0 Å². The fraction of sp³-hybridized carbons (Fsp3) is 0.333. The highest BCUT2D eigenvalue weighted by Gasteiger charge is 2.20. The number of hydrogen-bond acceptors (Lipinski definition) is 3. The molecule has 1 heterocycles. The van der Waals surface area contributed by atoms with Crippen LogP contribution >= 0.6 is 11.3 Å². The molecule has 1 aromatic heterocycles. The van der Waals surface area contributed by atoms with Crippen molar-refractivity contribution < 1.29 is 0 Å². The van der Waals surface area contributed by atoms with E-state index in [1.807, 2.05) is 0 Å². The summed E-state index contributed by atoms with van der Waals surface area (Å²) >= 11 is 1.74. The Hall–Kier alpha value is -1.16. The lowest BCUT2D eigenvalue weighted by atomic mass is 9.86. The molecule has 2 unspecified atom stereocenters. The normalized spacial score (nSPS) is 14.3. The van der Waals surface area contributed by atoms with Gasteiger partial charge in [0.05, 0.1) is 0 Å². The van der Waals surface area contributed by atoms with Gasteiger partial charge >= 0.3 is 0 Å². The Balaban J connectivity index is 2.14. The smallest absolute Gasteiger partial charge is 0.0319 e. The van der Waals surface area contributed by atoms with Crippen LogP contribution in [0, 0.1) is 0 Å². The Kier molecular flexibility index (Phi) is 4.93. The second kappa shape index (κ2) is 6.69. The first kappa shape index (κ1) is 13.3. The number of hydrogen-bond donors (Lipinski definition) is 2. The Bertz CT molecular complexity index is 439. The van der Waals surface area contributed by atoms with Crippen molar-refractivity contribution in [1.29, 1.82) is 0 Å². The first-order valence-electron chi connectivity index (χ1n) is 6.37. The monoisotopic (exact) mass is 260 g/mol. The SMILES string of the molecule is CCC(c1ccccc1)C(Cc1ccsc1)NN. The molecule has 2 rings (SSSR count).